The Morgan fingerprint density at radius 2 is 2.28 bits per heavy atom. The Morgan fingerprint density at radius 3 is 2.83 bits per heavy atom. The average Bonchev–Trinajstić information content (AvgIpc) is 2.64. The van der Waals surface area contributed by atoms with Crippen LogP contribution in [0.1, 0.15) is 16.8 Å². The third-order valence-electron chi connectivity index (χ3n) is 2.86. The van der Waals surface area contributed by atoms with Crippen LogP contribution in [0.15, 0.2) is 18.2 Å². The smallest absolute Gasteiger partial charge is 0.338 e. The van der Waals surface area contributed by atoms with Gasteiger partial charge in [-0.05, 0) is 18.2 Å². The first kappa shape index (κ1) is 12.7. The molecule has 1 aromatic rings. The number of anilines is 1. The van der Waals surface area contributed by atoms with Crippen LogP contribution in [0.25, 0.3) is 0 Å². The third kappa shape index (κ3) is 2.41. The average molecular weight is 269 g/mol. The minimum Gasteiger partial charge on any atom is -0.449 e. The number of halogens is 1. The van der Waals surface area contributed by atoms with Crippen LogP contribution in [0.3, 0.4) is 0 Å². The first-order valence-electron chi connectivity index (χ1n) is 5.50. The fraction of sp³-hybridized carbons (Fsp3) is 0.333. The summed E-state index contributed by atoms with van der Waals surface area (Å²) in [6, 6.07) is 4.48. The number of amides is 1. The van der Waals surface area contributed by atoms with Crippen molar-refractivity contribution in [3.8, 4) is 0 Å². The summed E-state index contributed by atoms with van der Waals surface area (Å²) in [5.41, 5.74) is 6.20. The van der Waals surface area contributed by atoms with Crippen molar-refractivity contribution in [2.24, 2.45) is 0 Å². The molecule has 1 aromatic carbocycles. The van der Waals surface area contributed by atoms with E-state index < -0.39 is 12.1 Å². The van der Waals surface area contributed by atoms with E-state index in [9.17, 15) is 9.59 Å². The number of nitrogens with zero attached hydrogens (tertiary/aromatic N) is 1. The molecule has 1 unspecified atom stereocenters. The lowest BCUT2D eigenvalue weighted by Crippen LogP contribution is -2.29. The number of ether oxygens (including phenoxy) is 1. The molecule has 2 N–H and O–H groups in total. The molecule has 1 aliphatic heterocycles. The molecular formula is C12H13ClN2O3. The van der Waals surface area contributed by atoms with Crippen molar-refractivity contribution in [2.75, 3.05) is 19.3 Å². The summed E-state index contributed by atoms with van der Waals surface area (Å²) in [7, 11) is 1.68. The molecule has 0 saturated carbocycles. The highest BCUT2D eigenvalue weighted by atomic mass is 35.5. The van der Waals surface area contributed by atoms with Crippen molar-refractivity contribution >= 4 is 29.2 Å². The minimum atomic E-state index is -0.695. The van der Waals surface area contributed by atoms with Gasteiger partial charge in [0.25, 0.3) is 5.91 Å². The lowest BCUT2D eigenvalue weighted by molar-refractivity contribution is -0.133. The van der Waals surface area contributed by atoms with Crippen LogP contribution in [-0.2, 0) is 9.53 Å². The predicted molar refractivity (Wildman–Crippen MR) is 67.3 cm³/mol. The summed E-state index contributed by atoms with van der Waals surface area (Å²) in [4.78, 5) is 25.0. The Hall–Kier alpha value is -1.75. The summed E-state index contributed by atoms with van der Waals surface area (Å²) in [5.74, 6) is -0.739. The van der Waals surface area contributed by atoms with Crippen molar-refractivity contribution in [1.29, 1.82) is 0 Å². The second-order valence-electron chi connectivity index (χ2n) is 4.18. The quantitative estimate of drug-likeness (QED) is 0.648. The Kier molecular flexibility index (Phi) is 3.43. The molecule has 1 fully saturated rings. The van der Waals surface area contributed by atoms with Crippen LogP contribution >= 0.6 is 11.6 Å². The number of likely N-dealkylation sites (tertiary alicyclic amines) is 1. The molecule has 1 saturated heterocycles. The van der Waals surface area contributed by atoms with Crippen LogP contribution in [0.4, 0.5) is 5.69 Å². The van der Waals surface area contributed by atoms with Gasteiger partial charge in [0.2, 0.25) is 0 Å². The van der Waals surface area contributed by atoms with E-state index in [1.807, 2.05) is 0 Å². The van der Waals surface area contributed by atoms with Crippen molar-refractivity contribution < 1.29 is 14.3 Å². The molecule has 1 aliphatic rings. The van der Waals surface area contributed by atoms with Gasteiger partial charge in [0.05, 0.1) is 16.3 Å². The zero-order valence-corrected chi connectivity index (χ0v) is 10.6. The number of hydrogen-bond donors (Lipinski definition) is 1. The van der Waals surface area contributed by atoms with Gasteiger partial charge < -0.3 is 15.4 Å². The summed E-state index contributed by atoms with van der Waals surface area (Å²) < 4.78 is 5.15. The van der Waals surface area contributed by atoms with Crippen molar-refractivity contribution in [3.63, 3.8) is 0 Å². The summed E-state index contributed by atoms with van der Waals surface area (Å²) in [5, 5.41) is 0.378. The standard InChI is InChI=1S/C12H13ClN2O3/c1-15-5-4-10(11(15)16)18-12(17)7-2-3-8(13)9(14)6-7/h2-3,6,10H,4-5,14H2,1H3. The molecule has 18 heavy (non-hydrogen) atoms. The summed E-state index contributed by atoms with van der Waals surface area (Å²) >= 11 is 5.76. The summed E-state index contributed by atoms with van der Waals surface area (Å²) in [6.45, 7) is 0.597. The maximum absolute atomic E-state index is 11.8. The number of nitrogen functional groups attached to an aromatic ring is 1. The van der Waals surface area contributed by atoms with Crippen LogP contribution in [0.2, 0.25) is 5.02 Å². The number of hydrogen-bond acceptors (Lipinski definition) is 4. The van der Waals surface area contributed by atoms with Gasteiger partial charge in [0, 0.05) is 20.0 Å². The van der Waals surface area contributed by atoms with Gasteiger partial charge in [0.1, 0.15) is 0 Å². The number of likely N-dealkylation sites (N-methyl/N-ethyl adjacent to an activating group) is 1. The number of rotatable bonds is 2. The van der Waals surface area contributed by atoms with E-state index in [1.165, 1.54) is 23.1 Å². The first-order valence-corrected chi connectivity index (χ1v) is 5.88. The molecule has 96 valence electrons. The monoisotopic (exact) mass is 268 g/mol. The zero-order valence-electron chi connectivity index (χ0n) is 9.85. The van der Waals surface area contributed by atoms with E-state index in [4.69, 9.17) is 22.1 Å². The second-order valence-corrected chi connectivity index (χ2v) is 4.59. The lowest BCUT2D eigenvalue weighted by Gasteiger charge is -2.12. The molecule has 2 rings (SSSR count). The van der Waals surface area contributed by atoms with Gasteiger partial charge in [-0.2, -0.15) is 0 Å². The number of benzene rings is 1. The van der Waals surface area contributed by atoms with Crippen LogP contribution < -0.4 is 5.73 Å². The second kappa shape index (κ2) is 4.86. The van der Waals surface area contributed by atoms with Crippen LogP contribution in [0.5, 0.6) is 0 Å². The number of esters is 1. The third-order valence-corrected chi connectivity index (χ3v) is 3.20. The number of carbonyl (C=O) groups is 2. The SMILES string of the molecule is CN1CCC(OC(=O)c2ccc(Cl)c(N)c2)C1=O. The molecule has 6 heteroatoms. The Morgan fingerprint density at radius 1 is 1.56 bits per heavy atom. The fourth-order valence-corrected chi connectivity index (χ4v) is 1.89. The maximum Gasteiger partial charge on any atom is 0.338 e. The largest absolute Gasteiger partial charge is 0.449 e. The molecule has 1 amide bonds. The molecule has 0 spiro atoms. The van der Waals surface area contributed by atoms with Gasteiger partial charge in [0.15, 0.2) is 6.10 Å². The first-order chi connectivity index (χ1) is 8.49. The Balaban J connectivity index is 2.08. The topological polar surface area (TPSA) is 72.6 Å². The highest BCUT2D eigenvalue weighted by Crippen LogP contribution is 2.21. The number of nitrogens with two attached hydrogens (primary N) is 1. The molecular weight excluding hydrogens is 256 g/mol. The molecule has 0 bridgehead atoms. The van der Waals surface area contributed by atoms with Crippen LogP contribution in [0, 0.1) is 0 Å². The molecule has 0 aromatic heterocycles. The summed E-state index contributed by atoms with van der Waals surface area (Å²) in [6.07, 6.45) is -0.177. The van der Waals surface area contributed by atoms with E-state index in [-0.39, 0.29) is 5.91 Å². The van der Waals surface area contributed by atoms with E-state index in [1.54, 1.807) is 7.05 Å². The number of carbonyl (C=O) groups excluding carboxylic acids is 2. The Bertz CT molecular complexity index is 504. The molecule has 1 heterocycles. The molecule has 5 nitrogen and oxygen atoms in total. The van der Waals surface area contributed by atoms with Gasteiger partial charge >= 0.3 is 5.97 Å². The van der Waals surface area contributed by atoms with Gasteiger partial charge in [-0.25, -0.2) is 4.79 Å². The molecule has 0 radical (unpaired) electrons. The maximum atomic E-state index is 11.8. The van der Waals surface area contributed by atoms with Crippen molar-refractivity contribution in [3.05, 3.63) is 28.8 Å². The fourth-order valence-electron chi connectivity index (χ4n) is 1.77. The highest BCUT2D eigenvalue weighted by molar-refractivity contribution is 6.33. The molecule has 0 aliphatic carbocycles. The lowest BCUT2D eigenvalue weighted by atomic mass is 10.2. The predicted octanol–water partition coefficient (Wildman–Crippen LogP) is 1.31. The van der Waals surface area contributed by atoms with Gasteiger partial charge in [-0.3, -0.25) is 4.79 Å². The highest BCUT2D eigenvalue weighted by Gasteiger charge is 2.32. The van der Waals surface area contributed by atoms with Gasteiger partial charge in [-0.1, -0.05) is 11.6 Å². The molecule has 1 atom stereocenters. The zero-order chi connectivity index (χ0) is 13.3. The van der Waals surface area contributed by atoms with Crippen molar-refractivity contribution in [2.45, 2.75) is 12.5 Å². The van der Waals surface area contributed by atoms with E-state index >= 15 is 0 Å². The van der Waals surface area contributed by atoms with Gasteiger partial charge in [-0.15, -0.1) is 0 Å². The van der Waals surface area contributed by atoms with E-state index in [0.717, 1.165) is 0 Å². The van der Waals surface area contributed by atoms with Crippen LogP contribution in [-0.4, -0.2) is 36.5 Å². The minimum absolute atomic E-state index is 0.176. The van der Waals surface area contributed by atoms with E-state index in [2.05, 4.69) is 0 Å². The van der Waals surface area contributed by atoms with Crippen molar-refractivity contribution in [1.82, 2.24) is 4.90 Å². The normalized spacial score (nSPS) is 19.1. The Labute approximate surface area is 109 Å². The van der Waals surface area contributed by atoms with E-state index in [0.29, 0.717) is 29.2 Å².